The van der Waals surface area contributed by atoms with Crippen molar-refractivity contribution in [2.45, 2.75) is 32.5 Å². The van der Waals surface area contributed by atoms with Gasteiger partial charge in [-0.05, 0) is 17.8 Å². The van der Waals surface area contributed by atoms with Crippen LogP contribution >= 0.6 is 0 Å². The van der Waals surface area contributed by atoms with Crippen molar-refractivity contribution in [3.05, 3.63) is 12.2 Å². The van der Waals surface area contributed by atoms with Gasteiger partial charge in [-0.2, -0.15) is 0 Å². The van der Waals surface area contributed by atoms with Crippen LogP contribution in [0.25, 0.3) is 0 Å². The average molecular weight is 150 g/mol. The number of hydrogen-bond donors (Lipinski definition) is 0. The number of fused-ring (bicyclic) bond motifs is 5. The number of hydrogen-bond acceptors (Lipinski definition) is 1. The molecule has 1 aliphatic heterocycles. The van der Waals surface area contributed by atoms with Crippen molar-refractivity contribution in [2.24, 2.45) is 17.3 Å². The first kappa shape index (κ1) is 6.24. The van der Waals surface area contributed by atoms with Crippen molar-refractivity contribution in [1.29, 1.82) is 0 Å². The van der Waals surface area contributed by atoms with Gasteiger partial charge in [0, 0.05) is 5.92 Å². The highest BCUT2D eigenvalue weighted by atomic mass is 16.6. The Bertz CT molecular complexity index is 241. The van der Waals surface area contributed by atoms with E-state index in [0.29, 0.717) is 23.5 Å². The summed E-state index contributed by atoms with van der Waals surface area (Å²) < 4.78 is 5.59. The van der Waals surface area contributed by atoms with Gasteiger partial charge in [0.25, 0.3) is 0 Å². The van der Waals surface area contributed by atoms with E-state index >= 15 is 0 Å². The Hall–Kier alpha value is -0.300. The molecule has 4 unspecified atom stereocenters. The summed E-state index contributed by atoms with van der Waals surface area (Å²) in [5, 5.41) is 0. The Morgan fingerprint density at radius 2 is 2.18 bits per heavy atom. The highest BCUT2D eigenvalue weighted by Crippen LogP contribution is 2.65. The molecule has 0 radical (unpaired) electrons. The molecule has 3 fully saturated rings. The van der Waals surface area contributed by atoms with Gasteiger partial charge in [-0.3, -0.25) is 0 Å². The monoisotopic (exact) mass is 150 g/mol. The van der Waals surface area contributed by atoms with Crippen LogP contribution in [-0.2, 0) is 4.74 Å². The topological polar surface area (TPSA) is 12.5 Å². The largest absolute Gasteiger partial charge is 0.369 e. The summed E-state index contributed by atoms with van der Waals surface area (Å²) >= 11 is 0. The summed E-state index contributed by atoms with van der Waals surface area (Å²) in [5.41, 5.74) is 1.81. The molecular weight excluding hydrogens is 136 g/mol. The van der Waals surface area contributed by atoms with E-state index in [-0.39, 0.29) is 0 Å². The quantitative estimate of drug-likeness (QED) is 0.380. The van der Waals surface area contributed by atoms with Crippen LogP contribution in [0.15, 0.2) is 12.2 Å². The van der Waals surface area contributed by atoms with E-state index in [1.54, 1.807) is 0 Å². The minimum atomic E-state index is 0.363. The second-order valence-corrected chi connectivity index (χ2v) is 4.76. The van der Waals surface area contributed by atoms with Crippen molar-refractivity contribution in [3.63, 3.8) is 0 Å². The molecule has 3 rings (SSSR count). The molecule has 11 heavy (non-hydrogen) atoms. The summed E-state index contributed by atoms with van der Waals surface area (Å²) in [6.45, 7) is 8.82. The molecule has 1 heteroatoms. The van der Waals surface area contributed by atoms with Crippen LogP contribution in [0.4, 0.5) is 0 Å². The normalized spacial score (nSPS) is 56.4. The molecule has 0 amide bonds. The third kappa shape index (κ3) is 0.506. The van der Waals surface area contributed by atoms with Crippen LogP contribution in [0, 0.1) is 17.3 Å². The van der Waals surface area contributed by atoms with Crippen molar-refractivity contribution in [3.8, 4) is 0 Å². The molecule has 0 aromatic carbocycles. The van der Waals surface area contributed by atoms with Crippen molar-refractivity contribution in [1.82, 2.24) is 0 Å². The van der Waals surface area contributed by atoms with Crippen LogP contribution < -0.4 is 0 Å². The first-order chi connectivity index (χ1) is 5.12. The zero-order valence-corrected chi connectivity index (χ0v) is 7.13. The molecule has 0 N–H and O–H groups in total. The molecular formula is C10H14O. The lowest BCUT2D eigenvalue weighted by molar-refractivity contribution is 0.215. The van der Waals surface area contributed by atoms with Gasteiger partial charge in [-0.15, -0.1) is 0 Å². The lowest BCUT2D eigenvalue weighted by Crippen LogP contribution is -2.27. The van der Waals surface area contributed by atoms with Gasteiger partial charge in [-0.1, -0.05) is 26.0 Å². The molecule has 60 valence electrons. The van der Waals surface area contributed by atoms with Gasteiger partial charge in [0.15, 0.2) is 0 Å². The molecule has 2 saturated carbocycles. The smallest absolute Gasteiger partial charge is 0.0910 e. The van der Waals surface area contributed by atoms with Crippen molar-refractivity contribution >= 4 is 0 Å². The van der Waals surface area contributed by atoms with Gasteiger partial charge in [0.1, 0.15) is 0 Å². The van der Waals surface area contributed by atoms with E-state index in [9.17, 15) is 0 Å². The van der Waals surface area contributed by atoms with Crippen LogP contribution in [0.2, 0.25) is 0 Å². The molecule has 2 aliphatic carbocycles. The molecule has 0 spiro atoms. The Morgan fingerprint density at radius 1 is 1.45 bits per heavy atom. The Morgan fingerprint density at radius 3 is 2.73 bits per heavy atom. The zero-order chi connectivity index (χ0) is 7.80. The Balaban J connectivity index is 2.08. The van der Waals surface area contributed by atoms with Gasteiger partial charge < -0.3 is 4.74 Å². The number of rotatable bonds is 0. The minimum absolute atomic E-state index is 0.363. The first-order valence-electron chi connectivity index (χ1n) is 4.47. The van der Waals surface area contributed by atoms with Gasteiger partial charge in [0.05, 0.1) is 12.2 Å². The summed E-state index contributed by atoms with van der Waals surface area (Å²) in [6.07, 6.45) is 2.54. The SMILES string of the molecule is C=C1C2CC(C3OC23)C1(C)C. The fraction of sp³-hybridized carbons (Fsp3) is 0.800. The van der Waals surface area contributed by atoms with E-state index in [1.807, 2.05) is 0 Å². The van der Waals surface area contributed by atoms with Crippen molar-refractivity contribution in [2.75, 3.05) is 0 Å². The van der Waals surface area contributed by atoms with E-state index in [0.717, 1.165) is 5.92 Å². The Labute approximate surface area is 67.4 Å². The van der Waals surface area contributed by atoms with Crippen LogP contribution in [0.1, 0.15) is 20.3 Å². The van der Waals surface area contributed by atoms with Gasteiger partial charge in [-0.25, -0.2) is 0 Å². The maximum Gasteiger partial charge on any atom is 0.0910 e. The molecule has 1 heterocycles. The maximum atomic E-state index is 5.59. The fourth-order valence-electron chi connectivity index (χ4n) is 3.09. The minimum Gasteiger partial charge on any atom is -0.369 e. The molecule has 0 aromatic heterocycles. The summed E-state index contributed by atoms with van der Waals surface area (Å²) in [6, 6.07) is 0. The third-order valence-corrected chi connectivity index (χ3v) is 4.06. The summed E-state index contributed by atoms with van der Waals surface area (Å²) in [4.78, 5) is 0. The highest BCUT2D eigenvalue weighted by Gasteiger charge is 2.67. The van der Waals surface area contributed by atoms with E-state index in [1.165, 1.54) is 12.0 Å². The second kappa shape index (κ2) is 1.42. The average Bonchev–Trinajstić information content (AvgIpc) is 2.58. The molecule has 1 saturated heterocycles. The molecule has 0 aromatic rings. The predicted octanol–water partition coefficient (Wildman–Crippen LogP) is 1.99. The highest BCUT2D eigenvalue weighted by molar-refractivity contribution is 5.31. The standard InChI is InChI=1S/C10H14O/c1-5-6-4-7(10(5,2)3)9-8(6)11-9/h6-9H,1,4H2,2-3H3. The second-order valence-electron chi connectivity index (χ2n) is 4.76. The molecule has 4 atom stereocenters. The summed E-state index contributed by atoms with van der Waals surface area (Å²) in [5.74, 6) is 1.49. The lowest BCUT2D eigenvalue weighted by Gasteiger charge is -2.29. The Kier molecular flexibility index (Phi) is 0.809. The van der Waals surface area contributed by atoms with Gasteiger partial charge in [0.2, 0.25) is 0 Å². The van der Waals surface area contributed by atoms with E-state index in [2.05, 4.69) is 20.4 Å². The number of ether oxygens (including phenoxy) is 1. The molecule has 1 nitrogen and oxygen atoms in total. The van der Waals surface area contributed by atoms with Gasteiger partial charge >= 0.3 is 0 Å². The fourth-order valence-corrected chi connectivity index (χ4v) is 3.09. The van der Waals surface area contributed by atoms with Crippen LogP contribution in [0.3, 0.4) is 0 Å². The van der Waals surface area contributed by atoms with E-state index < -0.39 is 0 Å². The zero-order valence-electron chi connectivity index (χ0n) is 7.13. The molecule has 3 aliphatic rings. The maximum absolute atomic E-state index is 5.59. The number of epoxide rings is 1. The lowest BCUT2D eigenvalue weighted by atomic mass is 9.73. The summed E-state index contributed by atoms with van der Waals surface area (Å²) in [7, 11) is 0. The first-order valence-corrected chi connectivity index (χ1v) is 4.47. The van der Waals surface area contributed by atoms with Crippen LogP contribution in [-0.4, -0.2) is 12.2 Å². The third-order valence-electron chi connectivity index (χ3n) is 4.06. The van der Waals surface area contributed by atoms with Crippen molar-refractivity contribution < 1.29 is 4.74 Å². The predicted molar refractivity (Wildman–Crippen MR) is 43.2 cm³/mol. The van der Waals surface area contributed by atoms with E-state index in [4.69, 9.17) is 4.74 Å². The van der Waals surface area contributed by atoms with Crippen LogP contribution in [0.5, 0.6) is 0 Å². The molecule has 2 bridgehead atoms.